The number of nitrogens with zero attached hydrogens (tertiary/aromatic N) is 1. The van der Waals surface area contributed by atoms with Crippen molar-refractivity contribution in [1.82, 2.24) is 10.2 Å². The Bertz CT molecular complexity index is 320. The third-order valence-corrected chi connectivity index (χ3v) is 2.50. The highest BCUT2D eigenvalue weighted by molar-refractivity contribution is 5.83. The van der Waals surface area contributed by atoms with Gasteiger partial charge in [0.05, 0.1) is 13.7 Å². The number of likely N-dealkylation sites (N-methyl/N-ethyl adjacent to an activating group) is 1. The van der Waals surface area contributed by atoms with Gasteiger partial charge in [-0.2, -0.15) is 0 Å². The molecule has 0 aliphatic heterocycles. The van der Waals surface area contributed by atoms with E-state index in [1.54, 1.807) is 6.92 Å². The second-order valence-electron chi connectivity index (χ2n) is 3.76. The monoisotopic (exact) mass is 276 g/mol. The first kappa shape index (κ1) is 17.2. The number of carbonyl (C=O) groups excluding carboxylic acids is 2. The van der Waals surface area contributed by atoms with Crippen molar-refractivity contribution in [2.24, 2.45) is 0 Å². The number of hydrogen-bond acceptors (Lipinski definition) is 5. The van der Waals surface area contributed by atoms with E-state index < -0.39 is 24.0 Å². The van der Waals surface area contributed by atoms with Crippen molar-refractivity contribution >= 4 is 18.0 Å². The fraction of sp³-hybridized carbons (Fsp3) is 0.727. The molecule has 0 rings (SSSR count). The average molecular weight is 276 g/mol. The summed E-state index contributed by atoms with van der Waals surface area (Å²) < 4.78 is 4.40. The predicted molar refractivity (Wildman–Crippen MR) is 65.5 cm³/mol. The van der Waals surface area contributed by atoms with Gasteiger partial charge in [0, 0.05) is 19.5 Å². The second-order valence-corrected chi connectivity index (χ2v) is 3.76. The summed E-state index contributed by atoms with van der Waals surface area (Å²) in [5.41, 5.74) is 0. The minimum atomic E-state index is -1.22. The Morgan fingerprint density at radius 1 is 1.37 bits per heavy atom. The number of carboxylic acids is 1. The summed E-state index contributed by atoms with van der Waals surface area (Å²) in [5.74, 6) is -1.76. The Hall–Kier alpha value is -1.83. The molecular weight excluding hydrogens is 256 g/mol. The molecule has 0 aromatic carbocycles. The molecule has 0 aliphatic carbocycles. The largest absolute Gasteiger partial charge is 0.480 e. The SMILES string of the molecule is CCN(CCO)C(=O)N[C@@H](CCC(=O)OC)C(=O)O. The maximum atomic E-state index is 11.7. The molecule has 0 aromatic rings. The molecule has 0 spiro atoms. The lowest BCUT2D eigenvalue weighted by Gasteiger charge is -2.23. The van der Waals surface area contributed by atoms with Gasteiger partial charge in [0.2, 0.25) is 0 Å². The number of carboxylic acid groups (broad SMARTS) is 1. The van der Waals surface area contributed by atoms with Crippen LogP contribution in [0.3, 0.4) is 0 Å². The molecule has 0 saturated heterocycles. The van der Waals surface area contributed by atoms with Crippen LogP contribution in [0.2, 0.25) is 0 Å². The molecule has 0 saturated carbocycles. The number of esters is 1. The maximum absolute atomic E-state index is 11.7. The summed E-state index contributed by atoms with van der Waals surface area (Å²) >= 11 is 0. The van der Waals surface area contributed by atoms with E-state index in [2.05, 4.69) is 10.1 Å². The van der Waals surface area contributed by atoms with Crippen LogP contribution < -0.4 is 5.32 Å². The quantitative estimate of drug-likeness (QED) is 0.511. The van der Waals surface area contributed by atoms with E-state index in [1.807, 2.05) is 0 Å². The average Bonchev–Trinajstić information content (AvgIpc) is 2.39. The Kier molecular flexibility index (Phi) is 8.27. The van der Waals surface area contributed by atoms with E-state index in [9.17, 15) is 14.4 Å². The van der Waals surface area contributed by atoms with Gasteiger partial charge in [-0.3, -0.25) is 4.79 Å². The number of aliphatic hydroxyl groups excluding tert-OH is 1. The number of hydrogen-bond donors (Lipinski definition) is 3. The number of methoxy groups -OCH3 is 1. The van der Waals surface area contributed by atoms with Crippen LogP contribution in [0.15, 0.2) is 0 Å². The highest BCUT2D eigenvalue weighted by Crippen LogP contribution is 2.01. The zero-order chi connectivity index (χ0) is 14.8. The number of amides is 2. The van der Waals surface area contributed by atoms with Crippen molar-refractivity contribution in [3.05, 3.63) is 0 Å². The van der Waals surface area contributed by atoms with Crippen LogP contribution in [0, 0.1) is 0 Å². The normalized spacial score (nSPS) is 11.5. The molecule has 0 radical (unpaired) electrons. The van der Waals surface area contributed by atoms with Gasteiger partial charge in [-0.05, 0) is 13.3 Å². The molecule has 19 heavy (non-hydrogen) atoms. The van der Waals surface area contributed by atoms with Crippen LogP contribution in [0.5, 0.6) is 0 Å². The van der Waals surface area contributed by atoms with Crippen molar-refractivity contribution in [2.45, 2.75) is 25.8 Å². The molecule has 8 heteroatoms. The number of carbonyl (C=O) groups is 3. The molecule has 2 amide bonds. The lowest BCUT2D eigenvalue weighted by Crippen LogP contribution is -2.48. The molecule has 8 nitrogen and oxygen atoms in total. The van der Waals surface area contributed by atoms with Crippen LogP contribution in [-0.4, -0.2) is 65.9 Å². The fourth-order valence-corrected chi connectivity index (χ4v) is 1.39. The van der Waals surface area contributed by atoms with Crippen LogP contribution >= 0.6 is 0 Å². The molecular formula is C11H20N2O6. The van der Waals surface area contributed by atoms with Crippen LogP contribution in [0.4, 0.5) is 4.79 Å². The Balaban J connectivity index is 4.44. The summed E-state index contributed by atoms with van der Waals surface area (Å²) in [5, 5.41) is 20.0. The van der Waals surface area contributed by atoms with Crippen molar-refractivity contribution in [1.29, 1.82) is 0 Å². The maximum Gasteiger partial charge on any atom is 0.326 e. The molecule has 0 aliphatic rings. The van der Waals surface area contributed by atoms with Crippen molar-refractivity contribution in [2.75, 3.05) is 26.8 Å². The molecule has 0 heterocycles. The number of urea groups is 1. The van der Waals surface area contributed by atoms with E-state index in [-0.39, 0.29) is 26.0 Å². The van der Waals surface area contributed by atoms with E-state index in [4.69, 9.17) is 10.2 Å². The number of aliphatic carboxylic acids is 1. The fourth-order valence-electron chi connectivity index (χ4n) is 1.39. The molecule has 0 fully saturated rings. The minimum absolute atomic E-state index is 0.0512. The first-order valence-corrected chi connectivity index (χ1v) is 5.92. The van der Waals surface area contributed by atoms with Crippen molar-refractivity contribution < 1.29 is 29.3 Å². The molecule has 0 aromatic heterocycles. The first-order chi connectivity index (χ1) is 8.96. The van der Waals surface area contributed by atoms with Gasteiger partial charge in [-0.15, -0.1) is 0 Å². The third kappa shape index (κ3) is 6.61. The highest BCUT2D eigenvalue weighted by atomic mass is 16.5. The van der Waals surface area contributed by atoms with Gasteiger partial charge >= 0.3 is 18.0 Å². The van der Waals surface area contributed by atoms with Crippen molar-refractivity contribution in [3.63, 3.8) is 0 Å². The Morgan fingerprint density at radius 2 is 2.00 bits per heavy atom. The number of rotatable bonds is 8. The van der Waals surface area contributed by atoms with E-state index >= 15 is 0 Å². The van der Waals surface area contributed by atoms with E-state index in [0.29, 0.717) is 6.54 Å². The summed E-state index contributed by atoms with van der Waals surface area (Å²) in [6.45, 7) is 1.96. The molecule has 3 N–H and O–H groups in total. The number of ether oxygens (including phenoxy) is 1. The van der Waals surface area contributed by atoms with Crippen LogP contribution in [0.1, 0.15) is 19.8 Å². The van der Waals surface area contributed by atoms with Gasteiger partial charge in [-0.25, -0.2) is 9.59 Å². The standard InChI is InChI=1S/C11H20N2O6/c1-3-13(6-7-14)11(18)12-8(10(16)17)4-5-9(15)19-2/h8,14H,3-7H2,1-2H3,(H,12,18)(H,16,17)/t8-/m0/s1. The van der Waals surface area contributed by atoms with Gasteiger partial charge in [0.25, 0.3) is 0 Å². The lowest BCUT2D eigenvalue weighted by atomic mass is 10.1. The zero-order valence-electron chi connectivity index (χ0n) is 11.1. The van der Waals surface area contributed by atoms with Gasteiger partial charge in [0.1, 0.15) is 6.04 Å². The van der Waals surface area contributed by atoms with E-state index in [0.717, 1.165) is 0 Å². The summed E-state index contributed by atoms with van der Waals surface area (Å²) in [6.07, 6.45) is -0.149. The zero-order valence-corrected chi connectivity index (χ0v) is 11.1. The third-order valence-electron chi connectivity index (χ3n) is 2.50. The molecule has 110 valence electrons. The highest BCUT2D eigenvalue weighted by Gasteiger charge is 2.23. The predicted octanol–water partition coefficient (Wildman–Crippen LogP) is -0.583. The lowest BCUT2D eigenvalue weighted by molar-refractivity contribution is -0.142. The Morgan fingerprint density at radius 3 is 2.42 bits per heavy atom. The molecule has 0 unspecified atom stereocenters. The van der Waals surface area contributed by atoms with Crippen LogP contribution in [-0.2, 0) is 14.3 Å². The summed E-state index contributed by atoms with van der Waals surface area (Å²) in [6, 6.07) is -1.76. The smallest absolute Gasteiger partial charge is 0.326 e. The summed E-state index contributed by atoms with van der Waals surface area (Å²) in [4.78, 5) is 34.9. The van der Waals surface area contributed by atoms with E-state index in [1.165, 1.54) is 12.0 Å². The van der Waals surface area contributed by atoms with Gasteiger partial charge in [0.15, 0.2) is 0 Å². The van der Waals surface area contributed by atoms with Gasteiger partial charge in [-0.1, -0.05) is 0 Å². The van der Waals surface area contributed by atoms with Crippen molar-refractivity contribution in [3.8, 4) is 0 Å². The number of aliphatic hydroxyl groups is 1. The van der Waals surface area contributed by atoms with Crippen LogP contribution in [0.25, 0.3) is 0 Å². The number of nitrogens with one attached hydrogen (secondary N) is 1. The molecule has 0 bridgehead atoms. The topological polar surface area (TPSA) is 116 Å². The van der Waals surface area contributed by atoms with Gasteiger partial charge < -0.3 is 25.2 Å². The first-order valence-electron chi connectivity index (χ1n) is 5.92. The second kappa shape index (κ2) is 9.15. The minimum Gasteiger partial charge on any atom is -0.480 e. The molecule has 1 atom stereocenters. The Labute approximate surface area is 111 Å². The summed E-state index contributed by atoms with van der Waals surface area (Å²) in [7, 11) is 1.21.